The van der Waals surface area contributed by atoms with Crippen molar-refractivity contribution in [3.05, 3.63) is 52.3 Å². The average molecular weight is 379 g/mol. The minimum Gasteiger partial charge on any atom is -0.356 e. The molecular formula is C19H24ClFN4O. The Bertz CT molecular complexity index is 735. The zero-order chi connectivity index (χ0) is 18.5. The fourth-order valence-electron chi connectivity index (χ4n) is 3.32. The Morgan fingerprint density at radius 2 is 2.19 bits per heavy atom. The molecule has 0 saturated carbocycles. The number of rotatable bonds is 6. The zero-order valence-electron chi connectivity index (χ0n) is 14.9. The van der Waals surface area contributed by atoms with E-state index in [9.17, 15) is 9.18 Å². The number of piperidine rings is 1. The molecule has 0 spiro atoms. The quantitative estimate of drug-likeness (QED) is 0.812. The highest BCUT2D eigenvalue weighted by Gasteiger charge is 2.20. The number of aryl methyl sites for hydroxylation is 1. The second kappa shape index (κ2) is 8.64. The maximum atomic E-state index is 13.8. The Labute approximate surface area is 158 Å². The number of halogens is 2. The molecule has 140 valence electrons. The standard InChI is InChI=1S/C19H24ClFN4O/c1-13-22-11-15(24-13)12-25-7-5-14(6-8-25)10-23-19(26)9-16-17(20)3-2-4-18(16)21/h2-4,11,14H,5-10,12H2,1H3,(H,22,24)(H,23,26). The molecule has 0 unspecified atom stereocenters. The number of likely N-dealkylation sites (tertiary alicyclic amines) is 1. The predicted molar refractivity (Wildman–Crippen MR) is 99.4 cm³/mol. The van der Waals surface area contributed by atoms with Crippen LogP contribution in [0.5, 0.6) is 0 Å². The van der Waals surface area contributed by atoms with Crippen molar-refractivity contribution in [3.63, 3.8) is 0 Å². The van der Waals surface area contributed by atoms with Gasteiger partial charge in [-0.05, 0) is 50.9 Å². The fourth-order valence-corrected chi connectivity index (χ4v) is 3.55. The Balaban J connectivity index is 1.40. The molecule has 1 aliphatic rings. The average Bonchev–Trinajstić information content (AvgIpc) is 3.02. The molecule has 0 bridgehead atoms. The first-order valence-corrected chi connectivity index (χ1v) is 9.31. The number of carbonyl (C=O) groups excluding carboxylic acids is 1. The van der Waals surface area contributed by atoms with E-state index in [-0.39, 0.29) is 17.9 Å². The minimum atomic E-state index is -0.435. The van der Waals surface area contributed by atoms with Crippen LogP contribution in [0.25, 0.3) is 0 Å². The Morgan fingerprint density at radius 3 is 2.85 bits per heavy atom. The third-order valence-corrected chi connectivity index (χ3v) is 5.20. The highest BCUT2D eigenvalue weighted by atomic mass is 35.5. The number of hydrogen-bond donors (Lipinski definition) is 2. The van der Waals surface area contributed by atoms with Gasteiger partial charge in [0.25, 0.3) is 0 Å². The summed E-state index contributed by atoms with van der Waals surface area (Å²) in [5.74, 6) is 0.768. The van der Waals surface area contributed by atoms with E-state index in [1.165, 1.54) is 12.1 Å². The highest BCUT2D eigenvalue weighted by molar-refractivity contribution is 6.31. The van der Waals surface area contributed by atoms with E-state index in [1.807, 2.05) is 13.1 Å². The molecule has 1 aromatic carbocycles. The number of aromatic nitrogens is 2. The SMILES string of the molecule is Cc1ncc(CN2CCC(CNC(=O)Cc3c(F)cccc3Cl)CC2)[nH]1. The van der Waals surface area contributed by atoms with Crippen molar-refractivity contribution in [2.24, 2.45) is 5.92 Å². The van der Waals surface area contributed by atoms with Gasteiger partial charge < -0.3 is 10.3 Å². The van der Waals surface area contributed by atoms with Gasteiger partial charge in [-0.15, -0.1) is 0 Å². The third kappa shape index (κ3) is 5.05. The normalized spacial score (nSPS) is 16.0. The van der Waals surface area contributed by atoms with Crippen LogP contribution >= 0.6 is 11.6 Å². The van der Waals surface area contributed by atoms with E-state index < -0.39 is 5.82 Å². The molecular weight excluding hydrogens is 355 g/mol. The number of hydrogen-bond acceptors (Lipinski definition) is 3. The lowest BCUT2D eigenvalue weighted by Gasteiger charge is -2.31. The number of amides is 1. The Morgan fingerprint density at radius 1 is 1.42 bits per heavy atom. The predicted octanol–water partition coefficient (Wildman–Crippen LogP) is 3.08. The van der Waals surface area contributed by atoms with E-state index >= 15 is 0 Å². The van der Waals surface area contributed by atoms with Crippen molar-refractivity contribution in [3.8, 4) is 0 Å². The molecule has 1 saturated heterocycles. The topological polar surface area (TPSA) is 61.0 Å². The lowest BCUT2D eigenvalue weighted by molar-refractivity contribution is -0.120. The maximum Gasteiger partial charge on any atom is 0.224 e. The van der Waals surface area contributed by atoms with Crippen LogP contribution in [0.2, 0.25) is 5.02 Å². The van der Waals surface area contributed by atoms with Crippen molar-refractivity contribution >= 4 is 17.5 Å². The van der Waals surface area contributed by atoms with Gasteiger partial charge in [0, 0.05) is 35.6 Å². The van der Waals surface area contributed by atoms with Crippen LogP contribution in [0.4, 0.5) is 4.39 Å². The first kappa shape index (κ1) is 18.9. The number of benzene rings is 1. The van der Waals surface area contributed by atoms with E-state index in [1.54, 1.807) is 6.07 Å². The number of nitrogens with one attached hydrogen (secondary N) is 2. The summed E-state index contributed by atoms with van der Waals surface area (Å²) in [5.41, 5.74) is 1.40. The van der Waals surface area contributed by atoms with Gasteiger partial charge in [0.2, 0.25) is 5.91 Å². The zero-order valence-corrected chi connectivity index (χ0v) is 15.7. The molecule has 2 aromatic rings. The van der Waals surface area contributed by atoms with Crippen molar-refractivity contribution < 1.29 is 9.18 Å². The summed E-state index contributed by atoms with van der Waals surface area (Å²) in [6, 6.07) is 4.47. The van der Waals surface area contributed by atoms with Gasteiger partial charge in [0.1, 0.15) is 11.6 Å². The smallest absolute Gasteiger partial charge is 0.224 e. The molecule has 3 rings (SSSR count). The number of H-pyrrole nitrogens is 1. The largest absolute Gasteiger partial charge is 0.356 e. The van der Waals surface area contributed by atoms with Crippen LogP contribution in [0, 0.1) is 18.7 Å². The van der Waals surface area contributed by atoms with E-state index in [2.05, 4.69) is 20.2 Å². The van der Waals surface area contributed by atoms with Gasteiger partial charge in [-0.2, -0.15) is 0 Å². The monoisotopic (exact) mass is 378 g/mol. The van der Waals surface area contributed by atoms with Crippen LogP contribution in [0.15, 0.2) is 24.4 Å². The molecule has 2 N–H and O–H groups in total. The summed E-state index contributed by atoms with van der Waals surface area (Å²) in [6.07, 6.45) is 3.93. The molecule has 1 fully saturated rings. The molecule has 0 atom stereocenters. The Hall–Kier alpha value is -1.92. The summed E-state index contributed by atoms with van der Waals surface area (Å²) in [7, 11) is 0. The fraction of sp³-hybridized carbons (Fsp3) is 0.474. The maximum absolute atomic E-state index is 13.8. The molecule has 26 heavy (non-hydrogen) atoms. The van der Waals surface area contributed by atoms with Crippen molar-refractivity contribution in [1.29, 1.82) is 0 Å². The number of carbonyl (C=O) groups is 1. The first-order chi connectivity index (χ1) is 12.5. The van der Waals surface area contributed by atoms with E-state index in [4.69, 9.17) is 11.6 Å². The summed E-state index contributed by atoms with van der Waals surface area (Å²) >= 11 is 5.97. The lowest BCUT2D eigenvalue weighted by Crippen LogP contribution is -2.38. The first-order valence-electron chi connectivity index (χ1n) is 8.93. The molecule has 5 nitrogen and oxygen atoms in total. The number of imidazole rings is 1. The van der Waals surface area contributed by atoms with Gasteiger partial charge in [0.05, 0.1) is 6.42 Å². The molecule has 1 aromatic heterocycles. The van der Waals surface area contributed by atoms with Gasteiger partial charge in [-0.25, -0.2) is 9.37 Å². The molecule has 0 radical (unpaired) electrons. The molecule has 2 heterocycles. The third-order valence-electron chi connectivity index (χ3n) is 4.84. The van der Waals surface area contributed by atoms with E-state index in [0.29, 0.717) is 17.5 Å². The van der Waals surface area contributed by atoms with Crippen molar-refractivity contribution in [2.75, 3.05) is 19.6 Å². The molecule has 7 heteroatoms. The van der Waals surface area contributed by atoms with Gasteiger partial charge in [-0.1, -0.05) is 17.7 Å². The second-order valence-electron chi connectivity index (χ2n) is 6.89. The van der Waals surface area contributed by atoms with Crippen LogP contribution in [-0.2, 0) is 17.8 Å². The minimum absolute atomic E-state index is 0.0243. The highest BCUT2D eigenvalue weighted by Crippen LogP contribution is 2.20. The summed E-state index contributed by atoms with van der Waals surface area (Å²) in [6.45, 7) is 5.45. The van der Waals surface area contributed by atoms with Gasteiger partial charge >= 0.3 is 0 Å². The van der Waals surface area contributed by atoms with Crippen LogP contribution in [0.3, 0.4) is 0 Å². The number of aromatic amines is 1. The van der Waals surface area contributed by atoms with Crippen LogP contribution < -0.4 is 5.32 Å². The number of nitrogens with zero attached hydrogens (tertiary/aromatic N) is 2. The lowest BCUT2D eigenvalue weighted by atomic mass is 9.96. The van der Waals surface area contributed by atoms with Gasteiger partial charge in [-0.3, -0.25) is 9.69 Å². The molecule has 1 aliphatic heterocycles. The van der Waals surface area contributed by atoms with Crippen molar-refractivity contribution in [1.82, 2.24) is 20.2 Å². The Kier molecular flexibility index (Phi) is 6.27. The van der Waals surface area contributed by atoms with Crippen LogP contribution in [-0.4, -0.2) is 40.4 Å². The van der Waals surface area contributed by atoms with Gasteiger partial charge in [0.15, 0.2) is 0 Å². The van der Waals surface area contributed by atoms with E-state index in [0.717, 1.165) is 44.0 Å². The van der Waals surface area contributed by atoms with Crippen molar-refractivity contribution in [2.45, 2.75) is 32.7 Å². The summed E-state index contributed by atoms with van der Waals surface area (Å²) < 4.78 is 13.8. The molecule has 0 aliphatic carbocycles. The second-order valence-corrected chi connectivity index (χ2v) is 7.30. The van der Waals surface area contributed by atoms with Crippen LogP contribution in [0.1, 0.15) is 29.9 Å². The molecule has 1 amide bonds. The summed E-state index contributed by atoms with van der Waals surface area (Å²) in [5, 5.41) is 3.22. The summed E-state index contributed by atoms with van der Waals surface area (Å²) in [4.78, 5) is 22.0.